The van der Waals surface area contributed by atoms with Crippen LogP contribution in [0.2, 0.25) is 0 Å². The topological polar surface area (TPSA) is 83.5 Å². The van der Waals surface area contributed by atoms with Crippen LogP contribution >= 0.6 is 0 Å². The van der Waals surface area contributed by atoms with Crippen molar-refractivity contribution in [2.24, 2.45) is 0 Å². The molecule has 0 spiro atoms. The van der Waals surface area contributed by atoms with Crippen LogP contribution in [0, 0.1) is 0 Å². The summed E-state index contributed by atoms with van der Waals surface area (Å²) in [6, 6.07) is 0. The van der Waals surface area contributed by atoms with E-state index < -0.39 is 20.9 Å². The van der Waals surface area contributed by atoms with Gasteiger partial charge in [0.2, 0.25) is 5.91 Å². The summed E-state index contributed by atoms with van der Waals surface area (Å²) in [5.41, 5.74) is 0.200. The monoisotopic (exact) mass is 249 g/mol. The molecule has 0 bridgehead atoms. The Morgan fingerprint density at radius 2 is 2.00 bits per heavy atom. The summed E-state index contributed by atoms with van der Waals surface area (Å²) in [7, 11) is -4.34. The molecule has 2 N–H and O–H groups in total. The molecule has 0 aromatic carbocycles. The molecule has 0 aliphatic rings. The van der Waals surface area contributed by atoms with Crippen molar-refractivity contribution in [3.8, 4) is 0 Å². The van der Waals surface area contributed by atoms with Gasteiger partial charge < -0.3 is 5.32 Å². The lowest BCUT2D eigenvalue weighted by atomic mass is 10.1. The van der Waals surface area contributed by atoms with Crippen LogP contribution in [-0.4, -0.2) is 23.7 Å². The van der Waals surface area contributed by atoms with Crippen LogP contribution in [0.4, 0.5) is 0 Å². The van der Waals surface area contributed by atoms with E-state index >= 15 is 0 Å². The van der Waals surface area contributed by atoms with E-state index in [1.54, 1.807) is 0 Å². The van der Waals surface area contributed by atoms with Crippen LogP contribution in [0.25, 0.3) is 0 Å². The van der Waals surface area contributed by atoms with Gasteiger partial charge in [-0.1, -0.05) is 26.3 Å². The average molecular weight is 249 g/mol. The Morgan fingerprint density at radius 1 is 1.50 bits per heavy atom. The quantitative estimate of drug-likeness (QED) is 0.551. The fourth-order valence-corrected chi connectivity index (χ4v) is 1.74. The van der Waals surface area contributed by atoms with Gasteiger partial charge in [-0.2, -0.15) is 8.42 Å². The molecule has 16 heavy (non-hydrogen) atoms. The summed E-state index contributed by atoms with van der Waals surface area (Å²) in [5.74, 6) is -0.573. The first kappa shape index (κ1) is 15.1. The maximum Gasteiger partial charge on any atom is 0.288 e. The molecule has 1 amide bonds. The zero-order chi connectivity index (χ0) is 13.0. The molecule has 0 saturated carbocycles. The normalized spacial score (nSPS) is 15.2. The van der Waals surface area contributed by atoms with Crippen LogP contribution in [0.3, 0.4) is 0 Å². The molecule has 0 aliphatic heterocycles. The third-order valence-corrected chi connectivity index (χ3v) is 3.79. The third kappa shape index (κ3) is 3.94. The zero-order valence-electron chi connectivity index (χ0n) is 9.91. The molecule has 5 nitrogen and oxygen atoms in total. The van der Waals surface area contributed by atoms with E-state index in [0.29, 0.717) is 6.42 Å². The lowest BCUT2D eigenvalue weighted by Gasteiger charge is -2.27. The molecule has 0 aromatic heterocycles. The lowest BCUT2D eigenvalue weighted by molar-refractivity contribution is -0.118. The van der Waals surface area contributed by atoms with Gasteiger partial charge in [-0.05, 0) is 20.3 Å². The van der Waals surface area contributed by atoms with Crippen molar-refractivity contribution in [3.05, 3.63) is 12.2 Å². The van der Waals surface area contributed by atoms with Gasteiger partial charge in [0.15, 0.2) is 4.87 Å². The van der Waals surface area contributed by atoms with Crippen molar-refractivity contribution in [1.29, 1.82) is 0 Å². The van der Waals surface area contributed by atoms with Gasteiger partial charge in [-0.25, -0.2) is 0 Å². The first-order valence-corrected chi connectivity index (χ1v) is 6.53. The maximum atomic E-state index is 11.4. The number of carbonyl (C=O) groups excluding carboxylic acids is 1. The van der Waals surface area contributed by atoms with Crippen LogP contribution in [0.1, 0.15) is 40.0 Å². The van der Waals surface area contributed by atoms with E-state index in [0.717, 1.165) is 6.42 Å². The first-order chi connectivity index (χ1) is 7.14. The SMILES string of the molecule is C=C(C)C(=O)NC(C)(CCCC)S(=O)(=O)O. The van der Waals surface area contributed by atoms with Gasteiger partial charge in [-0.15, -0.1) is 0 Å². The van der Waals surface area contributed by atoms with Crippen molar-refractivity contribution >= 4 is 16.0 Å². The van der Waals surface area contributed by atoms with Gasteiger partial charge >= 0.3 is 0 Å². The van der Waals surface area contributed by atoms with Crippen LogP contribution in [0.15, 0.2) is 12.2 Å². The predicted molar refractivity (Wildman–Crippen MR) is 62.4 cm³/mol. The third-order valence-electron chi connectivity index (χ3n) is 2.34. The van der Waals surface area contributed by atoms with Crippen LogP contribution in [-0.2, 0) is 14.9 Å². The smallest absolute Gasteiger partial charge is 0.288 e. The van der Waals surface area contributed by atoms with Gasteiger partial charge in [0.25, 0.3) is 10.1 Å². The van der Waals surface area contributed by atoms with E-state index in [1.807, 2.05) is 6.92 Å². The van der Waals surface area contributed by atoms with Crippen molar-refractivity contribution in [1.82, 2.24) is 5.32 Å². The van der Waals surface area contributed by atoms with Crippen molar-refractivity contribution < 1.29 is 17.8 Å². The molecule has 0 rings (SSSR count). The highest BCUT2D eigenvalue weighted by molar-refractivity contribution is 7.87. The molecule has 0 radical (unpaired) electrons. The molecular formula is C10H19NO4S. The largest absolute Gasteiger partial charge is 0.332 e. The minimum atomic E-state index is -4.34. The summed E-state index contributed by atoms with van der Waals surface area (Å²) in [4.78, 5) is 9.74. The molecular weight excluding hydrogens is 230 g/mol. The summed E-state index contributed by atoms with van der Waals surface area (Å²) < 4.78 is 31.6. The molecule has 0 saturated heterocycles. The summed E-state index contributed by atoms with van der Waals surface area (Å²) in [6.07, 6.45) is 1.53. The molecule has 6 heteroatoms. The summed E-state index contributed by atoms with van der Waals surface area (Å²) in [6.45, 7) is 8.07. The number of rotatable bonds is 6. The zero-order valence-corrected chi connectivity index (χ0v) is 10.7. The second-order valence-corrected chi connectivity index (χ2v) is 5.90. The van der Waals surface area contributed by atoms with Gasteiger partial charge in [0.05, 0.1) is 0 Å². The fraction of sp³-hybridized carbons (Fsp3) is 0.700. The van der Waals surface area contributed by atoms with Gasteiger partial charge in [0.1, 0.15) is 0 Å². The maximum absolute atomic E-state index is 11.4. The lowest BCUT2D eigenvalue weighted by Crippen LogP contribution is -2.51. The predicted octanol–water partition coefficient (Wildman–Crippen LogP) is 1.47. The summed E-state index contributed by atoms with van der Waals surface area (Å²) in [5, 5.41) is 2.29. The van der Waals surface area contributed by atoms with Crippen molar-refractivity contribution in [2.45, 2.75) is 44.9 Å². The number of unbranched alkanes of at least 4 members (excludes halogenated alkanes) is 1. The number of amides is 1. The Morgan fingerprint density at radius 3 is 2.31 bits per heavy atom. The van der Waals surface area contributed by atoms with Crippen LogP contribution in [0.5, 0.6) is 0 Å². The first-order valence-electron chi connectivity index (χ1n) is 5.09. The molecule has 0 heterocycles. The minimum Gasteiger partial charge on any atom is -0.332 e. The van der Waals surface area contributed by atoms with E-state index in [9.17, 15) is 13.2 Å². The highest BCUT2D eigenvalue weighted by Gasteiger charge is 2.38. The number of hydrogen-bond acceptors (Lipinski definition) is 3. The van der Waals surface area contributed by atoms with E-state index in [4.69, 9.17) is 4.55 Å². The van der Waals surface area contributed by atoms with E-state index in [2.05, 4.69) is 11.9 Å². The Bertz CT molecular complexity index is 374. The Hall–Kier alpha value is -0.880. The number of hydrogen-bond donors (Lipinski definition) is 2. The number of carbonyl (C=O) groups is 1. The fourth-order valence-electron chi connectivity index (χ4n) is 1.12. The second kappa shape index (κ2) is 5.45. The molecule has 0 fully saturated rings. The minimum absolute atomic E-state index is 0.168. The Kier molecular flexibility index (Phi) is 5.15. The van der Waals surface area contributed by atoms with Crippen molar-refractivity contribution in [2.75, 3.05) is 0 Å². The molecule has 1 atom stereocenters. The number of nitrogens with one attached hydrogen (secondary N) is 1. The van der Waals surface area contributed by atoms with Crippen LogP contribution < -0.4 is 5.32 Å². The van der Waals surface area contributed by atoms with E-state index in [1.165, 1.54) is 13.8 Å². The molecule has 94 valence electrons. The van der Waals surface area contributed by atoms with Gasteiger partial charge in [-0.3, -0.25) is 9.35 Å². The Labute approximate surface area is 96.7 Å². The highest BCUT2D eigenvalue weighted by Crippen LogP contribution is 2.20. The van der Waals surface area contributed by atoms with Gasteiger partial charge in [0, 0.05) is 5.57 Å². The average Bonchev–Trinajstić information content (AvgIpc) is 2.12. The standard InChI is InChI=1S/C10H19NO4S/c1-5-6-7-10(4,16(13,14)15)11-9(12)8(2)3/h2,5-7H2,1,3-4H3,(H,11,12)(H,13,14,15). The summed E-state index contributed by atoms with van der Waals surface area (Å²) >= 11 is 0. The van der Waals surface area contributed by atoms with Crippen molar-refractivity contribution in [3.63, 3.8) is 0 Å². The molecule has 1 unspecified atom stereocenters. The Balaban J connectivity index is 4.96. The molecule has 0 aliphatic carbocycles. The molecule has 0 aromatic rings. The highest BCUT2D eigenvalue weighted by atomic mass is 32.2. The second-order valence-electron chi connectivity index (χ2n) is 4.04. The van der Waals surface area contributed by atoms with E-state index in [-0.39, 0.29) is 12.0 Å².